The minimum Gasteiger partial charge on any atom is -0.463 e. The molecule has 2 aromatic rings. The fourth-order valence-electron chi connectivity index (χ4n) is 3.24. The largest absolute Gasteiger partial charge is 0.463 e. The Morgan fingerprint density at radius 3 is 2.74 bits per heavy atom. The van der Waals surface area contributed by atoms with Crippen LogP contribution in [0.2, 0.25) is 0 Å². The summed E-state index contributed by atoms with van der Waals surface area (Å²) in [4.78, 5) is 43.5. The van der Waals surface area contributed by atoms with Crippen molar-refractivity contribution in [2.24, 2.45) is 0 Å². The normalized spacial score (nSPS) is 24.3. The van der Waals surface area contributed by atoms with Crippen molar-refractivity contribution in [2.45, 2.75) is 51.2 Å². The molecule has 5 N–H and O–H groups in total. The van der Waals surface area contributed by atoms with E-state index in [4.69, 9.17) is 25.2 Å². The predicted octanol–water partition coefficient (Wildman–Crippen LogP) is -1.80. The highest BCUT2D eigenvalue weighted by atomic mass is 19.1. The molecule has 0 aromatic carbocycles. The van der Waals surface area contributed by atoms with Gasteiger partial charge in [-0.15, -0.1) is 0 Å². The molecule has 5 atom stereocenters. The van der Waals surface area contributed by atoms with Crippen LogP contribution in [0.3, 0.4) is 0 Å². The molecule has 1 unspecified atom stereocenters. The number of nitrogen functional groups attached to an aromatic ring is 1. The van der Waals surface area contributed by atoms with E-state index in [1.165, 1.54) is 6.20 Å². The number of imidazole rings is 1. The standard InChI is InChI=1S/C16H21FN6O8/c1-6(24)29-5-9-11(17)12(30-7(2)25)14(31-9)23-13-8(3-19-15(18)20-13)22(16(23)27)4-10(26)21-28/h3,9-12,14,21,26,28H,4-5H2,1-2H3,(H2,18,19,20)/t9-,10?,11-,12-,14-/m1/s1. The van der Waals surface area contributed by atoms with Crippen LogP contribution in [0.15, 0.2) is 11.0 Å². The zero-order chi connectivity index (χ0) is 22.9. The molecule has 14 nitrogen and oxygen atoms in total. The van der Waals surface area contributed by atoms with Gasteiger partial charge >= 0.3 is 17.6 Å². The Morgan fingerprint density at radius 2 is 2.13 bits per heavy atom. The quantitative estimate of drug-likeness (QED) is 0.213. The molecule has 0 radical (unpaired) electrons. The summed E-state index contributed by atoms with van der Waals surface area (Å²) >= 11 is 0. The number of fused-ring (bicyclic) bond motifs is 1. The minimum atomic E-state index is -1.94. The number of esters is 2. The van der Waals surface area contributed by atoms with Gasteiger partial charge in [0.05, 0.1) is 12.7 Å². The smallest absolute Gasteiger partial charge is 0.332 e. The lowest BCUT2D eigenvalue weighted by atomic mass is 10.1. The number of aromatic nitrogens is 4. The molecule has 0 bridgehead atoms. The molecule has 1 fully saturated rings. The molecular formula is C16H21FN6O8. The SMILES string of the molecule is CC(=O)OC[C@H]1O[C@@H](n2c(=O)n(CC(O)NO)c3cnc(N)nc32)[C@H](OC(C)=O)[C@@H]1F. The van der Waals surface area contributed by atoms with E-state index < -0.39 is 61.6 Å². The number of hydrogen-bond acceptors (Lipinski definition) is 12. The average molecular weight is 444 g/mol. The zero-order valence-electron chi connectivity index (χ0n) is 16.5. The summed E-state index contributed by atoms with van der Waals surface area (Å²) in [6.45, 7) is 1.26. The van der Waals surface area contributed by atoms with Crippen molar-refractivity contribution >= 4 is 29.1 Å². The number of aliphatic hydroxyl groups excluding tert-OH is 1. The molecule has 1 aliphatic heterocycles. The monoisotopic (exact) mass is 444 g/mol. The number of alkyl halides is 1. The molecule has 3 heterocycles. The summed E-state index contributed by atoms with van der Waals surface area (Å²) in [6, 6.07) is 0. The van der Waals surface area contributed by atoms with Gasteiger partial charge in [-0.3, -0.25) is 14.2 Å². The molecule has 0 amide bonds. The number of carbonyl (C=O) groups is 2. The number of halogens is 1. The van der Waals surface area contributed by atoms with Crippen molar-refractivity contribution < 1.29 is 38.5 Å². The molecule has 0 spiro atoms. The molecule has 31 heavy (non-hydrogen) atoms. The lowest BCUT2D eigenvalue weighted by Gasteiger charge is -2.19. The Bertz CT molecular complexity index is 1040. The van der Waals surface area contributed by atoms with Crippen molar-refractivity contribution in [3.05, 3.63) is 16.7 Å². The summed E-state index contributed by atoms with van der Waals surface area (Å²) in [5, 5.41) is 18.6. The van der Waals surface area contributed by atoms with Crippen LogP contribution in [-0.2, 0) is 30.3 Å². The molecule has 15 heteroatoms. The van der Waals surface area contributed by atoms with Gasteiger partial charge in [-0.1, -0.05) is 0 Å². The zero-order valence-corrected chi connectivity index (χ0v) is 16.5. The van der Waals surface area contributed by atoms with Gasteiger partial charge in [0.15, 0.2) is 24.2 Å². The Labute approximate surface area is 173 Å². The summed E-state index contributed by atoms with van der Waals surface area (Å²) in [5.41, 5.74) is 6.35. The van der Waals surface area contributed by atoms with Crippen molar-refractivity contribution in [1.82, 2.24) is 24.6 Å². The van der Waals surface area contributed by atoms with Gasteiger partial charge in [0.1, 0.15) is 24.5 Å². The molecule has 1 saturated heterocycles. The van der Waals surface area contributed by atoms with E-state index in [1.807, 2.05) is 0 Å². The number of nitrogens with one attached hydrogen (secondary N) is 1. The first-order chi connectivity index (χ1) is 14.6. The van der Waals surface area contributed by atoms with Crippen LogP contribution < -0.4 is 16.9 Å². The first kappa shape index (κ1) is 22.5. The minimum absolute atomic E-state index is 0.0810. The lowest BCUT2D eigenvalue weighted by Crippen LogP contribution is -2.39. The van der Waals surface area contributed by atoms with Gasteiger partial charge in [0.25, 0.3) is 0 Å². The van der Waals surface area contributed by atoms with Crippen LogP contribution in [0.5, 0.6) is 0 Å². The Hall–Kier alpha value is -3.14. The molecule has 170 valence electrons. The number of ether oxygens (including phenoxy) is 3. The van der Waals surface area contributed by atoms with E-state index in [0.29, 0.717) is 0 Å². The first-order valence-electron chi connectivity index (χ1n) is 9.05. The first-order valence-corrected chi connectivity index (χ1v) is 9.05. The van der Waals surface area contributed by atoms with Crippen LogP contribution in [-0.4, -0.2) is 72.6 Å². The van der Waals surface area contributed by atoms with E-state index in [9.17, 15) is 19.5 Å². The Balaban J connectivity index is 2.11. The van der Waals surface area contributed by atoms with E-state index in [2.05, 4.69) is 9.97 Å². The molecule has 2 aromatic heterocycles. The van der Waals surface area contributed by atoms with Crippen molar-refractivity contribution in [3.63, 3.8) is 0 Å². The van der Waals surface area contributed by atoms with E-state index in [0.717, 1.165) is 23.0 Å². The molecular weight excluding hydrogens is 423 g/mol. The van der Waals surface area contributed by atoms with Crippen molar-refractivity contribution in [3.8, 4) is 0 Å². The summed E-state index contributed by atoms with van der Waals surface area (Å²) < 4.78 is 32.3. The maximum absolute atomic E-state index is 15.0. The van der Waals surface area contributed by atoms with Gasteiger partial charge < -0.3 is 30.3 Å². The molecule has 0 saturated carbocycles. The van der Waals surface area contributed by atoms with E-state index >= 15 is 4.39 Å². The number of carbonyl (C=O) groups excluding carboxylic acids is 2. The second kappa shape index (κ2) is 8.93. The number of rotatable bonds is 7. The van der Waals surface area contributed by atoms with Crippen LogP contribution in [0, 0.1) is 0 Å². The highest BCUT2D eigenvalue weighted by molar-refractivity contribution is 5.72. The maximum atomic E-state index is 15.0. The van der Waals surface area contributed by atoms with Gasteiger partial charge in [-0.25, -0.2) is 18.7 Å². The third-order valence-electron chi connectivity index (χ3n) is 4.50. The fraction of sp³-hybridized carbons (Fsp3) is 0.562. The van der Waals surface area contributed by atoms with Crippen LogP contribution in [0.4, 0.5) is 10.3 Å². The van der Waals surface area contributed by atoms with Gasteiger partial charge in [-0.2, -0.15) is 10.5 Å². The Kier molecular flexibility index (Phi) is 6.49. The third-order valence-corrected chi connectivity index (χ3v) is 4.50. The van der Waals surface area contributed by atoms with Gasteiger partial charge in [0, 0.05) is 13.8 Å². The molecule has 0 aliphatic carbocycles. The summed E-state index contributed by atoms with van der Waals surface area (Å²) in [6.07, 6.45) is -6.70. The lowest BCUT2D eigenvalue weighted by molar-refractivity contribution is -0.154. The molecule has 1 aliphatic rings. The number of hydrogen-bond donors (Lipinski definition) is 4. The number of aliphatic hydroxyl groups is 1. The van der Waals surface area contributed by atoms with Crippen molar-refractivity contribution in [2.75, 3.05) is 12.3 Å². The fourth-order valence-corrected chi connectivity index (χ4v) is 3.24. The highest BCUT2D eigenvalue weighted by Gasteiger charge is 2.50. The predicted molar refractivity (Wildman–Crippen MR) is 98.1 cm³/mol. The van der Waals surface area contributed by atoms with Gasteiger partial charge in [0.2, 0.25) is 5.95 Å². The van der Waals surface area contributed by atoms with Crippen molar-refractivity contribution in [1.29, 1.82) is 0 Å². The van der Waals surface area contributed by atoms with Crippen LogP contribution in [0.1, 0.15) is 20.1 Å². The Morgan fingerprint density at radius 1 is 1.42 bits per heavy atom. The molecule has 3 rings (SSSR count). The average Bonchev–Trinajstić information content (AvgIpc) is 3.13. The van der Waals surface area contributed by atoms with Gasteiger partial charge in [-0.05, 0) is 0 Å². The second-order valence-electron chi connectivity index (χ2n) is 6.73. The highest BCUT2D eigenvalue weighted by Crippen LogP contribution is 2.35. The second-order valence-corrected chi connectivity index (χ2v) is 6.73. The number of anilines is 1. The summed E-state index contributed by atoms with van der Waals surface area (Å²) in [5.74, 6) is -1.72. The van der Waals surface area contributed by atoms with Crippen LogP contribution >= 0.6 is 0 Å². The van der Waals surface area contributed by atoms with E-state index in [-0.39, 0.29) is 17.1 Å². The van der Waals surface area contributed by atoms with E-state index in [1.54, 1.807) is 5.48 Å². The number of hydroxylamine groups is 1. The maximum Gasteiger partial charge on any atom is 0.332 e. The van der Waals surface area contributed by atoms with Crippen LogP contribution in [0.25, 0.3) is 11.2 Å². The third kappa shape index (κ3) is 4.48. The number of nitrogens with zero attached hydrogens (tertiary/aromatic N) is 4. The summed E-state index contributed by atoms with van der Waals surface area (Å²) in [7, 11) is 0. The number of nitrogens with two attached hydrogens (primary N) is 1. The topological polar surface area (TPSA) is 193 Å².